The molecule has 0 radical (unpaired) electrons. The molecule has 0 bridgehead atoms. The number of piperidine rings is 1. The van der Waals surface area contributed by atoms with Crippen molar-refractivity contribution >= 4 is 17.7 Å². The van der Waals surface area contributed by atoms with E-state index in [9.17, 15) is 14.4 Å². The van der Waals surface area contributed by atoms with Crippen LogP contribution in [-0.2, 0) is 9.53 Å². The maximum absolute atomic E-state index is 12.2. The molecule has 1 aliphatic heterocycles. The second-order valence-electron chi connectivity index (χ2n) is 6.64. The minimum absolute atomic E-state index is 0.189. The molecule has 0 unspecified atom stereocenters. The number of aromatic nitrogens is 1. The first kappa shape index (κ1) is 17.1. The van der Waals surface area contributed by atoms with Crippen LogP contribution in [0.15, 0.2) is 23.1 Å². The molecule has 0 aliphatic carbocycles. The number of aromatic amines is 1. The lowest BCUT2D eigenvalue weighted by Crippen LogP contribution is -2.44. The van der Waals surface area contributed by atoms with Crippen LogP contribution in [0.3, 0.4) is 0 Å². The van der Waals surface area contributed by atoms with E-state index in [1.807, 2.05) is 20.8 Å². The van der Waals surface area contributed by atoms with Gasteiger partial charge in [-0.25, -0.2) is 4.79 Å². The zero-order chi connectivity index (χ0) is 17.0. The number of likely N-dealkylation sites (tertiary alicyclic amines) is 1. The topological polar surface area (TPSA) is 91.5 Å². The van der Waals surface area contributed by atoms with E-state index in [1.54, 1.807) is 17.0 Å². The summed E-state index contributed by atoms with van der Waals surface area (Å²) in [5.74, 6) is -0.404. The first-order chi connectivity index (χ1) is 10.8. The molecular formula is C16H23N3O4. The number of hydrogen-bond donors (Lipinski definition) is 2. The van der Waals surface area contributed by atoms with Gasteiger partial charge in [-0.1, -0.05) is 0 Å². The van der Waals surface area contributed by atoms with E-state index in [1.165, 1.54) is 6.20 Å². The van der Waals surface area contributed by atoms with Gasteiger partial charge in [-0.2, -0.15) is 0 Å². The van der Waals surface area contributed by atoms with E-state index in [-0.39, 0.29) is 29.2 Å². The van der Waals surface area contributed by atoms with Crippen molar-refractivity contribution in [3.8, 4) is 0 Å². The Hall–Kier alpha value is -2.31. The van der Waals surface area contributed by atoms with Gasteiger partial charge in [-0.3, -0.25) is 9.59 Å². The van der Waals surface area contributed by atoms with Gasteiger partial charge >= 0.3 is 6.09 Å². The molecule has 7 heteroatoms. The highest BCUT2D eigenvalue weighted by Gasteiger charge is 2.30. The van der Waals surface area contributed by atoms with Crippen LogP contribution in [0.4, 0.5) is 10.5 Å². The van der Waals surface area contributed by atoms with Gasteiger partial charge in [-0.15, -0.1) is 0 Å². The van der Waals surface area contributed by atoms with Gasteiger partial charge in [0.1, 0.15) is 11.3 Å². The van der Waals surface area contributed by atoms with E-state index < -0.39 is 5.60 Å². The van der Waals surface area contributed by atoms with Crippen molar-refractivity contribution < 1.29 is 14.3 Å². The number of carbonyl (C=O) groups is 2. The molecule has 23 heavy (non-hydrogen) atoms. The summed E-state index contributed by atoms with van der Waals surface area (Å²) in [5, 5.41) is 2.64. The van der Waals surface area contributed by atoms with Gasteiger partial charge < -0.3 is 19.9 Å². The quantitative estimate of drug-likeness (QED) is 0.871. The highest BCUT2D eigenvalue weighted by atomic mass is 16.6. The third kappa shape index (κ3) is 4.84. The molecule has 1 aromatic rings. The zero-order valence-corrected chi connectivity index (χ0v) is 13.7. The smallest absolute Gasteiger partial charge is 0.410 e. The number of rotatable bonds is 2. The fourth-order valence-electron chi connectivity index (χ4n) is 2.41. The molecule has 2 N–H and O–H groups in total. The molecule has 1 aliphatic rings. The minimum atomic E-state index is -0.528. The Kier molecular flexibility index (Phi) is 5.08. The van der Waals surface area contributed by atoms with Crippen molar-refractivity contribution in [3.05, 3.63) is 28.7 Å². The first-order valence-electron chi connectivity index (χ1n) is 7.73. The molecule has 0 aromatic carbocycles. The van der Waals surface area contributed by atoms with E-state index in [0.29, 0.717) is 25.9 Å². The predicted octanol–water partition coefficient (Wildman–Crippen LogP) is 1.96. The Labute approximate surface area is 135 Å². The molecule has 2 amide bonds. The molecule has 7 nitrogen and oxygen atoms in total. The number of hydrogen-bond acceptors (Lipinski definition) is 4. The third-order valence-electron chi connectivity index (χ3n) is 3.59. The second kappa shape index (κ2) is 6.85. The Bertz CT molecular complexity index is 625. The summed E-state index contributed by atoms with van der Waals surface area (Å²) in [5.41, 5.74) is -0.612. The molecule has 2 heterocycles. The average molecular weight is 321 g/mol. The third-order valence-corrected chi connectivity index (χ3v) is 3.59. The Morgan fingerprint density at radius 3 is 2.52 bits per heavy atom. The summed E-state index contributed by atoms with van der Waals surface area (Å²) < 4.78 is 5.33. The van der Waals surface area contributed by atoms with E-state index in [2.05, 4.69) is 10.3 Å². The van der Waals surface area contributed by atoms with Crippen LogP contribution in [0.1, 0.15) is 33.6 Å². The fraction of sp³-hybridized carbons (Fsp3) is 0.562. The van der Waals surface area contributed by atoms with Crippen LogP contribution in [0.25, 0.3) is 0 Å². The highest BCUT2D eigenvalue weighted by molar-refractivity contribution is 5.92. The fourth-order valence-corrected chi connectivity index (χ4v) is 2.41. The van der Waals surface area contributed by atoms with Gasteiger partial charge in [0, 0.05) is 25.2 Å². The average Bonchev–Trinajstić information content (AvgIpc) is 2.48. The van der Waals surface area contributed by atoms with Crippen LogP contribution in [-0.4, -0.2) is 40.6 Å². The van der Waals surface area contributed by atoms with Gasteiger partial charge in [0.2, 0.25) is 5.91 Å². The maximum Gasteiger partial charge on any atom is 0.410 e. The SMILES string of the molecule is CC(C)(C)OC(=O)N1CCC(C(=O)Nc2ccc[nH]c2=O)CC1. The lowest BCUT2D eigenvalue weighted by atomic mass is 9.96. The molecule has 2 rings (SSSR count). The van der Waals surface area contributed by atoms with Crippen LogP contribution in [0.2, 0.25) is 0 Å². The molecule has 126 valence electrons. The van der Waals surface area contributed by atoms with Gasteiger partial charge in [0.15, 0.2) is 0 Å². The second-order valence-corrected chi connectivity index (χ2v) is 6.64. The maximum atomic E-state index is 12.2. The lowest BCUT2D eigenvalue weighted by Gasteiger charge is -2.32. The number of H-pyrrole nitrogens is 1. The number of carbonyl (C=O) groups excluding carboxylic acids is 2. The van der Waals surface area contributed by atoms with Crippen molar-refractivity contribution in [1.82, 2.24) is 9.88 Å². The van der Waals surface area contributed by atoms with Crippen molar-refractivity contribution in [3.63, 3.8) is 0 Å². The minimum Gasteiger partial charge on any atom is -0.444 e. The Balaban J connectivity index is 1.87. The number of nitrogens with one attached hydrogen (secondary N) is 2. The zero-order valence-electron chi connectivity index (χ0n) is 13.7. The van der Waals surface area contributed by atoms with Crippen molar-refractivity contribution in [2.24, 2.45) is 5.92 Å². The number of ether oxygens (including phenoxy) is 1. The number of pyridine rings is 1. The molecular weight excluding hydrogens is 298 g/mol. The van der Waals surface area contributed by atoms with Crippen molar-refractivity contribution in [2.75, 3.05) is 18.4 Å². The normalized spacial score (nSPS) is 16.0. The highest BCUT2D eigenvalue weighted by Crippen LogP contribution is 2.20. The monoisotopic (exact) mass is 321 g/mol. The van der Waals surface area contributed by atoms with E-state index in [0.717, 1.165) is 0 Å². The molecule has 1 aromatic heterocycles. The number of amides is 2. The standard InChI is InChI=1S/C16H23N3O4/c1-16(2,3)23-15(22)19-9-6-11(7-10-19)13(20)18-12-5-4-8-17-14(12)21/h4-5,8,11H,6-7,9-10H2,1-3H3,(H,17,21)(H,18,20). The Morgan fingerprint density at radius 1 is 1.30 bits per heavy atom. The summed E-state index contributed by atoms with van der Waals surface area (Å²) in [6.45, 7) is 6.41. The molecule has 0 spiro atoms. The number of nitrogens with zero attached hydrogens (tertiary/aromatic N) is 1. The molecule has 0 atom stereocenters. The van der Waals surface area contributed by atoms with Crippen LogP contribution in [0.5, 0.6) is 0 Å². The molecule has 1 fully saturated rings. The lowest BCUT2D eigenvalue weighted by molar-refractivity contribution is -0.121. The van der Waals surface area contributed by atoms with Crippen molar-refractivity contribution in [2.45, 2.75) is 39.2 Å². The van der Waals surface area contributed by atoms with Gasteiger partial charge in [0.05, 0.1) is 0 Å². The number of anilines is 1. The predicted molar refractivity (Wildman–Crippen MR) is 86.2 cm³/mol. The summed E-state index contributed by atoms with van der Waals surface area (Å²) in [6.07, 6.45) is 2.26. The van der Waals surface area contributed by atoms with Crippen LogP contribution >= 0.6 is 0 Å². The Morgan fingerprint density at radius 2 is 1.96 bits per heavy atom. The largest absolute Gasteiger partial charge is 0.444 e. The van der Waals surface area contributed by atoms with E-state index >= 15 is 0 Å². The van der Waals surface area contributed by atoms with Crippen LogP contribution in [0, 0.1) is 5.92 Å². The van der Waals surface area contributed by atoms with Gasteiger partial charge in [-0.05, 0) is 45.7 Å². The summed E-state index contributed by atoms with van der Waals surface area (Å²) in [7, 11) is 0. The van der Waals surface area contributed by atoms with Gasteiger partial charge in [0.25, 0.3) is 5.56 Å². The molecule has 0 saturated carbocycles. The summed E-state index contributed by atoms with van der Waals surface area (Å²) in [6, 6.07) is 3.22. The summed E-state index contributed by atoms with van der Waals surface area (Å²) >= 11 is 0. The first-order valence-corrected chi connectivity index (χ1v) is 7.73. The molecule has 1 saturated heterocycles. The van der Waals surface area contributed by atoms with Crippen LogP contribution < -0.4 is 10.9 Å². The van der Waals surface area contributed by atoms with Crippen molar-refractivity contribution in [1.29, 1.82) is 0 Å². The van der Waals surface area contributed by atoms with E-state index in [4.69, 9.17) is 4.74 Å². The summed E-state index contributed by atoms with van der Waals surface area (Å²) in [4.78, 5) is 39.9.